The van der Waals surface area contributed by atoms with E-state index in [0.717, 1.165) is 0 Å². The van der Waals surface area contributed by atoms with Crippen LogP contribution in [-0.4, -0.2) is 15.3 Å². The van der Waals surface area contributed by atoms with Crippen LogP contribution in [0.15, 0.2) is 35.5 Å². The zero-order valence-corrected chi connectivity index (χ0v) is 13.1. The average molecular weight is 409 g/mol. The van der Waals surface area contributed by atoms with Crippen LogP contribution >= 0.6 is 45.8 Å². The predicted octanol–water partition coefficient (Wildman–Crippen LogP) is 3.04. The van der Waals surface area contributed by atoms with E-state index in [-0.39, 0.29) is 17.9 Å². The zero-order valence-electron chi connectivity index (χ0n) is 9.44. The quantitative estimate of drug-likeness (QED) is 0.579. The maximum atomic E-state index is 12.0. The van der Waals surface area contributed by atoms with Crippen molar-refractivity contribution in [1.82, 2.24) is 9.55 Å². The Morgan fingerprint density at radius 3 is 2.74 bits per heavy atom. The first-order chi connectivity index (χ1) is 8.99. The van der Waals surface area contributed by atoms with E-state index in [1.54, 1.807) is 12.1 Å². The summed E-state index contributed by atoms with van der Waals surface area (Å²) < 4.78 is 1.72. The molecule has 0 amide bonds. The molecule has 0 N–H and O–H groups in total. The molecule has 0 saturated heterocycles. The summed E-state index contributed by atoms with van der Waals surface area (Å²) >= 11 is 13.5. The van der Waals surface area contributed by atoms with Gasteiger partial charge in [-0.1, -0.05) is 23.2 Å². The van der Waals surface area contributed by atoms with E-state index in [0.29, 0.717) is 19.2 Å². The molecule has 0 aliphatic heterocycles. The molecule has 0 spiro atoms. The van der Waals surface area contributed by atoms with E-state index >= 15 is 0 Å². The lowest BCUT2D eigenvalue weighted by Gasteiger charge is -2.05. The van der Waals surface area contributed by atoms with E-state index < -0.39 is 0 Å². The molecule has 19 heavy (non-hydrogen) atoms. The smallest absolute Gasteiger partial charge is 0.267 e. The van der Waals surface area contributed by atoms with E-state index in [1.165, 1.54) is 23.2 Å². The maximum absolute atomic E-state index is 12.0. The standard InChI is InChI=1S/C12H7Cl2IN2O2/c13-8-2-1-7(3-9(8)14)11(18)5-17-6-16-4-10(15)12(17)19/h1-4,6H,5H2. The summed E-state index contributed by atoms with van der Waals surface area (Å²) in [7, 11) is 0. The predicted molar refractivity (Wildman–Crippen MR) is 82.0 cm³/mol. The van der Waals surface area contributed by atoms with Crippen LogP contribution in [0, 0.1) is 3.57 Å². The van der Waals surface area contributed by atoms with Gasteiger partial charge in [0.15, 0.2) is 5.78 Å². The second kappa shape index (κ2) is 6.02. The van der Waals surface area contributed by atoms with Crippen LogP contribution in [0.4, 0.5) is 0 Å². The summed E-state index contributed by atoms with van der Waals surface area (Å²) in [6, 6.07) is 4.61. The largest absolute Gasteiger partial charge is 0.292 e. The second-order valence-electron chi connectivity index (χ2n) is 3.73. The molecule has 2 rings (SSSR count). The Morgan fingerprint density at radius 1 is 1.32 bits per heavy atom. The SMILES string of the molecule is O=C(Cn1cncc(I)c1=O)c1ccc(Cl)c(Cl)c1. The van der Waals surface area contributed by atoms with E-state index in [1.807, 2.05) is 22.6 Å². The number of halogens is 3. The highest BCUT2D eigenvalue weighted by atomic mass is 127. The van der Waals surface area contributed by atoms with Crippen LogP contribution in [0.1, 0.15) is 10.4 Å². The molecule has 7 heteroatoms. The molecule has 0 atom stereocenters. The van der Waals surface area contributed by atoms with Crippen molar-refractivity contribution in [3.8, 4) is 0 Å². The lowest BCUT2D eigenvalue weighted by molar-refractivity contribution is 0.0970. The van der Waals surface area contributed by atoms with Crippen LogP contribution in [0.5, 0.6) is 0 Å². The zero-order chi connectivity index (χ0) is 14.0. The van der Waals surface area contributed by atoms with Crippen molar-refractivity contribution in [2.45, 2.75) is 6.54 Å². The molecule has 2 aromatic rings. The number of nitrogens with zero attached hydrogens (tertiary/aromatic N) is 2. The maximum Gasteiger partial charge on any atom is 0.267 e. The Hall–Kier alpha value is -0.920. The molecule has 0 aliphatic rings. The van der Waals surface area contributed by atoms with Gasteiger partial charge in [-0.05, 0) is 40.8 Å². The van der Waals surface area contributed by atoms with Crippen molar-refractivity contribution >= 4 is 51.6 Å². The fourth-order valence-electron chi connectivity index (χ4n) is 1.45. The first-order valence-corrected chi connectivity index (χ1v) is 7.00. The number of hydrogen-bond acceptors (Lipinski definition) is 3. The van der Waals surface area contributed by atoms with E-state index in [4.69, 9.17) is 23.2 Å². The number of benzene rings is 1. The van der Waals surface area contributed by atoms with Crippen LogP contribution in [0.25, 0.3) is 0 Å². The van der Waals surface area contributed by atoms with Crippen molar-refractivity contribution in [1.29, 1.82) is 0 Å². The summed E-state index contributed by atoms with van der Waals surface area (Å²) in [5, 5.41) is 0.687. The van der Waals surface area contributed by atoms with Gasteiger partial charge in [-0.2, -0.15) is 0 Å². The molecular weight excluding hydrogens is 402 g/mol. The fraction of sp³-hybridized carbons (Fsp3) is 0.0833. The minimum atomic E-state index is -0.246. The van der Waals surface area contributed by atoms with Gasteiger partial charge in [-0.25, -0.2) is 4.98 Å². The molecule has 0 aliphatic carbocycles. The second-order valence-corrected chi connectivity index (χ2v) is 5.70. The summed E-state index contributed by atoms with van der Waals surface area (Å²) in [6.07, 6.45) is 2.78. The topological polar surface area (TPSA) is 52.0 Å². The summed E-state index contributed by atoms with van der Waals surface area (Å²) in [5.74, 6) is -0.232. The molecule has 0 radical (unpaired) electrons. The normalized spacial score (nSPS) is 10.5. The van der Waals surface area contributed by atoms with Crippen molar-refractivity contribution in [2.75, 3.05) is 0 Å². The van der Waals surface area contributed by atoms with Crippen LogP contribution in [0.3, 0.4) is 0 Å². The highest BCUT2D eigenvalue weighted by molar-refractivity contribution is 14.1. The van der Waals surface area contributed by atoms with Gasteiger partial charge >= 0.3 is 0 Å². The number of carbonyl (C=O) groups is 1. The van der Waals surface area contributed by atoms with Gasteiger partial charge < -0.3 is 0 Å². The number of aromatic nitrogens is 2. The molecule has 98 valence electrons. The third-order valence-corrected chi connectivity index (χ3v) is 3.89. The van der Waals surface area contributed by atoms with E-state index in [9.17, 15) is 9.59 Å². The van der Waals surface area contributed by atoms with Crippen molar-refractivity contribution < 1.29 is 4.79 Å². The molecule has 1 heterocycles. The molecular formula is C12H7Cl2IN2O2. The number of hydrogen-bond donors (Lipinski definition) is 0. The van der Waals surface area contributed by atoms with Crippen molar-refractivity contribution in [3.63, 3.8) is 0 Å². The lowest BCUT2D eigenvalue weighted by atomic mass is 10.1. The molecule has 0 unspecified atom stereocenters. The number of rotatable bonds is 3. The first kappa shape index (κ1) is 14.5. The van der Waals surface area contributed by atoms with E-state index in [2.05, 4.69) is 4.98 Å². The van der Waals surface area contributed by atoms with Gasteiger partial charge in [0, 0.05) is 11.8 Å². The van der Waals surface area contributed by atoms with Gasteiger partial charge in [-0.3, -0.25) is 14.2 Å². The monoisotopic (exact) mass is 408 g/mol. The Kier molecular flexibility index (Phi) is 4.59. The van der Waals surface area contributed by atoms with Crippen LogP contribution in [0.2, 0.25) is 10.0 Å². The molecule has 0 bridgehead atoms. The van der Waals surface area contributed by atoms with Crippen LogP contribution < -0.4 is 5.56 Å². The van der Waals surface area contributed by atoms with Gasteiger partial charge in [0.25, 0.3) is 5.56 Å². The Bertz CT molecular complexity index is 700. The third kappa shape index (κ3) is 3.34. The minimum Gasteiger partial charge on any atom is -0.292 e. The van der Waals surface area contributed by atoms with Gasteiger partial charge in [-0.15, -0.1) is 0 Å². The lowest BCUT2D eigenvalue weighted by Crippen LogP contribution is -2.26. The van der Waals surface area contributed by atoms with Gasteiger partial charge in [0.2, 0.25) is 0 Å². The fourth-order valence-corrected chi connectivity index (χ4v) is 2.22. The first-order valence-electron chi connectivity index (χ1n) is 5.17. The summed E-state index contributed by atoms with van der Waals surface area (Å²) in [6.45, 7) is -0.0827. The minimum absolute atomic E-state index is 0.0827. The van der Waals surface area contributed by atoms with Crippen LogP contribution in [-0.2, 0) is 6.54 Å². The molecule has 0 saturated carbocycles. The van der Waals surface area contributed by atoms with Gasteiger partial charge in [0.1, 0.15) is 0 Å². The number of ketones is 1. The Labute approximate surface area is 132 Å². The average Bonchev–Trinajstić information content (AvgIpc) is 2.38. The van der Waals surface area contributed by atoms with Crippen molar-refractivity contribution in [3.05, 3.63) is 60.3 Å². The third-order valence-electron chi connectivity index (χ3n) is 2.41. The van der Waals surface area contributed by atoms with Crippen molar-refractivity contribution in [2.24, 2.45) is 0 Å². The Balaban J connectivity index is 2.28. The summed E-state index contributed by atoms with van der Waals surface area (Å²) in [5.41, 5.74) is 0.157. The molecule has 0 fully saturated rings. The molecule has 4 nitrogen and oxygen atoms in total. The molecule has 1 aromatic heterocycles. The number of carbonyl (C=O) groups excluding carboxylic acids is 1. The Morgan fingerprint density at radius 2 is 2.05 bits per heavy atom. The number of Topliss-reactive ketones (excluding diaryl/α,β-unsaturated/α-hetero) is 1. The highest BCUT2D eigenvalue weighted by Crippen LogP contribution is 2.22. The summed E-state index contributed by atoms with van der Waals surface area (Å²) in [4.78, 5) is 27.7. The highest BCUT2D eigenvalue weighted by Gasteiger charge is 2.11. The van der Waals surface area contributed by atoms with Gasteiger partial charge in [0.05, 0.1) is 26.5 Å². The molecule has 1 aromatic carbocycles.